The van der Waals surface area contributed by atoms with Crippen molar-refractivity contribution in [1.29, 1.82) is 0 Å². The van der Waals surface area contributed by atoms with Gasteiger partial charge in [0.1, 0.15) is 11.2 Å². The summed E-state index contributed by atoms with van der Waals surface area (Å²) in [5, 5.41) is 1.28. The van der Waals surface area contributed by atoms with Gasteiger partial charge in [0.15, 0.2) is 0 Å². The van der Waals surface area contributed by atoms with E-state index in [4.69, 9.17) is 10.2 Å². The molecule has 4 heteroatoms. The minimum absolute atomic E-state index is 0. The van der Waals surface area contributed by atoms with Crippen LogP contribution in [0, 0.1) is 13.8 Å². The Morgan fingerprint density at radius 1 is 1.05 bits per heavy atom. The molecular formula is C17H18ClNO2. The molecule has 0 unspecified atom stereocenters. The zero-order valence-electron chi connectivity index (χ0n) is 12.1. The van der Waals surface area contributed by atoms with Gasteiger partial charge in [-0.3, -0.25) is 4.79 Å². The van der Waals surface area contributed by atoms with Crippen LogP contribution in [0.3, 0.4) is 0 Å². The van der Waals surface area contributed by atoms with E-state index in [1.165, 1.54) is 0 Å². The Kier molecular flexibility index (Phi) is 4.35. The normalized spacial score (nSPS) is 10.8. The monoisotopic (exact) mass is 303 g/mol. The van der Waals surface area contributed by atoms with Gasteiger partial charge in [-0.15, -0.1) is 12.4 Å². The first-order valence-corrected chi connectivity index (χ1v) is 6.78. The number of halogens is 1. The van der Waals surface area contributed by atoms with Crippen molar-refractivity contribution in [3.63, 3.8) is 0 Å². The van der Waals surface area contributed by atoms with Crippen molar-refractivity contribution in [2.24, 2.45) is 5.73 Å². The summed E-state index contributed by atoms with van der Waals surface area (Å²) in [7, 11) is 0. The predicted octanol–water partition coefficient (Wildman–Crippen LogP) is 3.49. The lowest BCUT2D eigenvalue weighted by Crippen LogP contribution is -2.07. The fourth-order valence-electron chi connectivity index (χ4n) is 2.58. The highest BCUT2D eigenvalue weighted by Crippen LogP contribution is 2.25. The number of rotatable bonds is 2. The van der Waals surface area contributed by atoms with Crippen LogP contribution in [-0.2, 0) is 6.42 Å². The molecule has 1 aromatic heterocycles. The molecule has 3 rings (SSSR count). The Morgan fingerprint density at radius 3 is 2.48 bits per heavy atom. The minimum Gasteiger partial charge on any atom is -0.455 e. The summed E-state index contributed by atoms with van der Waals surface area (Å²) >= 11 is 0. The quantitative estimate of drug-likeness (QED) is 0.737. The summed E-state index contributed by atoms with van der Waals surface area (Å²) in [6.07, 6.45) is 0.705. The summed E-state index contributed by atoms with van der Waals surface area (Å²) in [6.45, 7) is 4.54. The molecule has 0 amide bonds. The summed E-state index contributed by atoms with van der Waals surface area (Å²) < 4.78 is 6.07. The topological polar surface area (TPSA) is 56.2 Å². The maximum atomic E-state index is 12.6. The van der Waals surface area contributed by atoms with Gasteiger partial charge >= 0.3 is 0 Å². The van der Waals surface area contributed by atoms with Crippen molar-refractivity contribution in [2.75, 3.05) is 6.54 Å². The Labute approximate surface area is 129 Å². The van der Waals surface area contributed by atoms with Gasteiger partial charge in [0.2, 0.25) is 5.43 Å². The van der Waals surface area contributed by atoms with Crippen molar-refractivity contribution >= 4 is 34.3 Å². The number of para-hydroxylation sites is 1. The molecule has 1 heterocycles. The van der Waals surface area contributed by atoms with E-state index < -0.39 is 0 Å². The van der Waals surface area contributed by atoms with Gasteiger partial charge in [-0.05, 0) is 55.6 Å². The van der Waals surface area contributed by atoms with Gasteiger partial charge in [0, 0.05) is 0 Å². The zero-order valence-corrected chi connectivity index (χ0v) is 12.9. The fourth-order valence-corrected chi connectivity index (χ4v) is 2.58. The van der Waals surface area contributed by atoms with Gasteiger partial charge in [-0.1, -0.05) is 18.2 Å². The molecule has 0 spiro atoms. The van der Waals surface area contributed by atoms with Crippen molar-refractivity contribution in [2.45, 2.75) is 20.3 Å². The highest BCUT2D eigenvalue weighted by atomic mass is 35.5. The van der Waals surface area contributed by atoms with E-state index in [-0.39, 0.29) is 17.8 Å². The van der Waals surface area contributed by atoms with Crippen molar-refractivity contribution in [1.82, 2.24) is 0 Å². The minimum atomic E-state index is 0. The Morgan fingerprint density at radius 2 is 1.76 bits per heavy atom. The second-order valence-electron chi connectivity index (χ2n) is 5.15. The van der Waals surface area contributed by atoms with Crippen molar-refractivity contribution < 1.29 is 4.42 Å². The molecule has 3 aromatic rings. The number of hydrogen-bond acceptors (Lipinski definition) is 3. The molecule has 0 atom stereocenters. The number of hydrogen-bond donors (Lipinski definition) is 1. The average Bonchev–Trinajstić information content (AvgIpc) is 2.45. The van der Waals surface area contributed by atoms with Gasteiger partial charge in [0.25, 0.3) is 0 Å². The maximum absolute atomic E-state index is 12.6. The van der Waals surface area contributed by atoms with Gasteiger partial charge < -0.3 is 10.2 Å². The number of aryl methyl sites for hydroxylation is 2. The third kappa shape index (κ3) is 2.43. The standard InChI is InChI=1S/C17H17NO2.ClH/c1-10-6-7-14-15(19)13-5-3-4-12(8-9-18)17(13)20-16(14)11(10)2;/h3-7H,8-9,18H2,1-2H3;1H. The summed E-state index contributed by atoms with van der Waals surface area (Å²) in [6, 6.07) is 9.48. The highest BCUT2D eigenvalue weighted by molar-refractivity contribution is 5.92. The molecule has 0 saturated heterocycles. The van der Waals surface area contributed by atoms with Crippen LogP contribution in [0.4, 0.5) is 0 Å². The van der Waals surface area contributed by atoms with E-state index in [9.17, 15) is 4.79 Å². The lowest BCUT2D eigenvalue weighted by molar-refractivity contribution is 0.649. The summed E-state index contributed by atoms with van der Waals surface area (Å²) in [5.74, 6) is 0. The van der Waals surface area contributed by atoms with Crippen molar-refractivity contribution in [3.8, 4) is 0 Å². The lowest BCUT2D eigenvalue weighted by atomic mass is 10.0. The van der Waals surface area contributed by atoms with Crippen LogP contribution in [0.5, 0.6) is 0 Å². The molecule has 0 bridgehead atoms. The van der Waals surface area contributed by atoms with Gasteiger partial charge in [0.05, 0.1) is 10.8 Å². The molecule has 0 aliphatic heterocycles. The third-order valence-corrected chi connectivity index (χ3v) is 3.88. The lowest BCUT2D eigenvalue weighted by Gasteiger charge is -2.09. The molecule has 21 heavy (non-hydrogen) atoms. The van der Waals surface area contributed by atoms with Crippen LogP contribution in [0.25, 0.3) is 21.9 Å². The van der Waals surface area contributed by atoms with Crippen LogP contribution in [0.15, 0.2) is 39.5 Å². The molecule has 0 saturated carbocycles. The summed E-state index contributed by atoms with van der Waals surface area (Å²) in [5.41, 5.74) is 10.2. The largest absolute Gasteiger partial charge is 0.455 e. The van der Waals surface area contributed by atoms with E-state index in [0.717, 1.165) is 16.7 Å². The fraction of sp³-hybridized carbons (Fsp3) is 0.235. The number of benzene rings is 2. The zero-order chi connectivity index (χ0) is 14.3. The van der Waals surface area contributed by atoms with Crippen LogP contribution in [0.2, 0.25) is 0 Å². The first-order chi connectivity index (χ1) is 9.63. The molecule has 0 radical (unpaired) electrons. The Balaban J connectivity index is 0.00000161. The molecule has 3 nitrogen and oxygen atoms in total. The molecule has 2 aromatic carbocycles. The van der Waals surface area contributed by atoms with Crippen LogP contribution < -0.4 is 11.2 Å². The molecular weight excluding hydrogens is 286 g/mol. The van der Waals surface area contributed by atoms with Crippen molar-refractivity contribution in [3.05, 3.63) is 57.2 Å². The Bertz CT molecular complexity index is 868. The second-order valence-corrected chi connectivity index (χ2v) is 5.15. The SMILES string of the molecule is Cc1ccc2c(=O)c3cccc(CCN)c3oc2c1C.Cl. The van der Waals surface area contributed by atoms with Gasteiger partial charge in [-0.2, -0.15) is 0 Å². The van der Waals surface area contributed by atoms with E-state index in [1.54, 1.807) is 0 Å². The molecule has 0 aliphatic carbocycles. The highest BCUT2D eigenvalue weighted by Gasteiger charge is 2.12. The smallest absolute Gasteiger partial charge is 0.200 e. The maximum Gasteiger partial charge on any atom is 0.200 e. The first-order valence-electron chi connectivity index (χ1n) is 6.78. The van der Waals surface area contributed by atoms with E-state index in [1.807, 2.05) is 44.2 Å². The molecule has 110 valence electrons. The first kappa shape index (κ1) is 15.5. The number of nitrogens with two attached hydrogens (primary N) is 1. The van der Waals surface area contributed by atoms with E-state index in [2.05, 4.69) is 0 Å². The predicted molar refractivity (Wildman–Crippen MR) is 89.5 cm³/mol. The number of fused-ring (bicyclic) bond motifs is 2. The van der Waals surface area contributed by atoms with Crippen LogP contribution >= 0.6 is 12.4 Å². The summed E-state index contributed by atoms with van der Waals surface area (Å²) in [4.78, 5) is 12.6. The van der Waals surface area contributed by atoms with E-state index in [0.29, 0.717) is 34.9 Å². The molecule has 0 aliphatic rings. The third-order valence-electron chi connectivity index (χ3n) is 3.88. The van der Waals surface area contributed by atoms with Gasteiger partial charge in [-0.25, -0.2) is 0 Å². The molecule has 2 N–H and O–H groups in total. The second kappa shape index (κ2) is 5.88. The Hall–Kier alpha value is -1.84. The van der Waals surface area contributed by atoms with E-state index >= 15 is 0 Å². The van der Waals surface area contributed by atoms with Crippen LogP contribution in [0.1, 0.15) is 16.7 Å². The molecule has 0 fully saturated rings. The average molecular weight is 304 g/mol. The van der Waals surface area contributed by atoms with Crippen LogP contribution in [-0.4, -0.2) is 6.54 Å².